The number of Topliss-reactive ketones (excluding diaryl/α,β-unsaturated/α-hetero) is 1. The minimum Gasteiger partial charge on any atom is -0.322 e. The van der Waals surface area contributed by atoms with Crippen LogP contribution in [0, 0.1) is 0 Å². The third kappa shape index (κ3) is 3.89. The molecule has 4 rings (SSSR count). The van der Waals surface area contributed by atoms with Crippen LogP contribution in [0.5, 0.6) is 0 Å². The van der Waals surface area contributed by atoms with E-state index in [1.165, 1.54) is 16.1 Å². The van der Waals surface area contributed by atoms with Crippen molar-refractivity contribution in [2.45, 2.75) is 18.5 Å². The summed E-state index contributed by atoms with van der Waals surface area (Å²) in [5.41, 5.74) is 4.29. The number of aromatic nitrogens is 2. The van der Waals surface area contributed by atoms with Gasteiger partial charge < -0.3 is 4.57 Å². The van der Waals surface area contributed by atoms with Gasteiger partial charge in [0.25, 0.3) is 0 Å². The Bertz CT molecular complexity index is 1190. The second-order valence-electron chi connectivity index (χ2n) is 7.13. The van der Waals surface area contributed by atoms with E-state index in [0.717, 1.165) is 22.0 Å². The zero-order valence-electron chi connectivity index (χ0n) is 16.9. The normalized spacial score (nSPS) is 13.5. The maximum absolute atomic E-state index is 12.8. The van der Waals surface area contributed by atoms with E-state index in [2.05, 4.69) is 4.98 Å². The monoisotopic (exact) mass is 441 g/mol. The molecule has 1 aromatic heterocycles. The van der Waals surface area contributed by atoms with Crippen molar-refractivity contribution in [1.82, 2.24) is 9.55 Å². The molecule has 0 bridgehead atoms. The molecule has 0 radical (unpaired) electrons. The number of ketones is 1. The van der Waals surface area contributed by atoms with Gasteiger partial charge in [-0.05, 0) is 42.7 Å². The van der Waals surface area contributed by atoms with Crippen molar-refractivity contribution in [3.05, 3.63) is 65.9 Å². The maximum atomic E-state index is 12.8. The molecule has 156 valence electrons. The first kappa shape index (κ1) is 20.7. The van der Waals surface area contributed by atoms with Gasteiger partial charge in [0.15, 0.2) is 10.9 Å². The molecule has 1 aliphatic rings. The fraction of sp³-hybridized carbons (Fsp3) is 0.273. The minimum atomic E-state index is -3.28. The van der Waals surface area contributed by atoms with Crippen molar-refractivity contribution >= 4 is 33.3 Å². The number of imidazole rings is 1. The lowest BCUT2D eigenvalue weighted by Gasteiger charge is -2.18. The Morgan fingerprint density at radius 1 is 1.17 bits per heavy atom. The van der Waals surface area contributed by atoms with Gasteiger partial charge in [0.1, 0.15) is 0 Å². The number of hydrogen-bond donors (Lipinski definition) is 0. The van der Waals surface area contributed by atoms with Crippen molar-refractivity contribution in [3.8, 4) is 11.3 Å². The van der Waals surface area contributed by atoms with Gasteiger partial charge in [0, 0.05) is 19.2 Å². The molecule has 8 heteroatoms. The predicted octanol–water partition coefficient (Wildman–Crippen LogP) is 3.77. The molecule has 1 aliphatic heterocycles. The summed E-state index contributed by atoms with van der Waals surface area (Å²) >= 11 is 1.40. The first-order valence-electron chi connectivity index (χ1n) is 9.77. The molecule has 6 nitrogen and oxygen atoms in total. The molecule has 0 spiro atoms. The summed E-state index contributed by atoms with van der Waals surface area (Å²) in [6.07, 6.45) is 2.45. The highest BCUT2D eigenvalue weighted by molar-refractivity contribution is 7.99. The Hall–Kier alpha value is -2.58. The minimum absolute atomic E-state index is 0.00357. The van der Waals surface area contributed by atoms with Crippen LogP contribution in [-0.4, -0.2) is 41.8 Å². The maximum Gasteiger partial charge on any atom is 0.234 e. The van der Waals surface area contributed by atoms with Crippen LogP contribution in [0.25, 0.3) is 11.3 Å². The number of anilines is 1. The van der Waals surface area contributed by atoms with E-state index in [9.17, 15) is 13.2 Å². The summed E-state index contributed by atoms with van der Waals surface area (Å²) in [5, 5.41) is 0.781. The average Bonchev–Trinajstić information content (AvgIpc) is 3.36. The molecule has 0 unspecified atom stereocenters. The van der Waals surface area contributed by atoms with E-state index in [1.807, 2.05) is 54.2 Å². The Kier molecular flexibility index (Phi) is 5.71. The Morgan fingerprint density at radius 3 is 2.67 bits per heavy atom. The molecule has 0 aliphatic carbocycles. The number of fused-ring (bicyclic) bond motifs is 1. The van der Waals surface area contributed by atoms with E-state index < -0.39 is 10.0 Å². The molecule has 0 amide bonds. The van der Waals surface area contributed by atoms with Gasteiger partial charge in [0.05, 0.1) is 29.1 Å². The lowest BCUT2D eigenvalue weighted by Crippen LogP contribution is -2.30. The van der Waals surface area contributed by atoms with Crippen molar-refractivity contribution in [2.75, 3.05) is 22.4 Å². The van der Waals surface area contributed by atoms with E-state index >= 15 is 0 Å². The van der Waals surface area contributed by atoms with Gasteiger partial charge in [-0.15, -0.1) is 0 Å². The summed E-state index contributed by atoms with van der Waals surface area (Å²) in [7, 11) is -1.34. The van der Waals surface area contributed by atoms with Crippen molar-refractivity contribution in [3.63, 3.8) is 0 Å². The van der Waals surface area contributed by atoms with E-state index in [1.54, 1.807) is 19.1 Å². The van der Waals surface area contributed by atoms with Crippen LogP contribution in [0.15, 0.2) is 59.9 Å². The molecule has 2 heterocycles. The third-order valence-corrected chi connectivity index (χ3v) is 8.13. The first-order valence-corrected chi connectivity index (χ1v) is 12.4. The molecule has 0 fully saturated rings. The highest BCUT2D eigenvalue weighted by atomic mass is 32.2. The van der Waals surface area contributed by atoms with Gasteiger partial charge >= 0.3 is 0 Å². The van der Waals surface area contributed by atoms with Crippen LogP contribution in [0.3, 0.4) is 0 Å². The van der Waals surface area contributed by atoms with Crippen LogP contribution in [-0.2, 0) is 23.5 Å². The molecule has 30 heavy (non-hydrogen) atoms. The topological polar surface area (TPSA) is 72.3 Å². The van der Waals surface area contributed by atoms with Gasteiger partial charge in [-0.2, -0.15) is 0 Å². The molecule has 3 aromatic rings. The molecule has 0 atom stereocenters. The number of thioether (sulfide) groups is 1. The molecule has 0 saturated heterocycles. The molecule has 0 saturated carbocycles. The largest absolute Gasteiger partial charge is 0.322 e. The highest BCUT2D eigenvalue weighted by Gasteiger charge is 2.28. The van der Waals surface area contributed by atoms with Gasteiger partial charge in [0.2, 0.25) is 10.0 Å². The number of sulfonamides is 1. The van der Waals surface area contributed by atoms with E-state index in [0.29, 0.717) is 24.2 Å². The molecule has 0 N–H and O–H groups in total. The van der Waals surface area contributed by atoms with Crippen LogP contribution < -0.4 is 4.31 Å². The summed E-state index contributed by atoms with van der Waals surface area (Å²) < 4.78 is 27.9. The number of rotatable bonds is 7. The Morgan fingerprint density at radius 2 is 1.93 bits per heavy atom. The average molecular weight is 442 g/mol. The zero-order valence-corrected chi connectivity index (χ0v) is 18.5. The highest BCUT2D eigenvalue weighted by Crippen LogP contribution is 2.32. The summed E-state index contributed by atoms with van der Waals surface area (Å²) in [4.78, 5) is 17.2. The summed E-state index contributed by atoms with van der Waals surface area (Å²) in [6.45, 7) is 2.08. The fourth-order valence-corrected chi connectivity index (χ4v) is 5.61. The van der Waals surface area contributed by atoms with Gasteiger partial charge in [-0.25, -0.2) is 13.4 Å². The van der Waals surface area contributed by atoms with E-state index in [-0.39, 0.29) is 17.3 Å². The van der Waals surface area contributed by atoms with Gasteiger partial charge in [-0.3, -0.25) is 9.10 Å². The smallest absolute Gasteiger partial charge is 0.234 e. The van der Waals surface area contributed by atoms with Crippen LogP contribution in [0.1, 0.15) is 22.8 Å². The standard InChI is InChI=1S/C22H23N3O3S2/c1-3-30(27,28)25-12-11-17-13-18(9-10-19(17)25)21(26)15-29-22-23-14-20(24(22)2)16-7-5-4-6-8-16/h4-10,13-14H,3,11-12,15H2,1-2H3. The van der Waals surface area contributed by atoms with Crippen molar-refractivity contribution < 1.29 is 13.2 Å². The third-order valence-electron chi connectivity index (χ3n) is 5.30. The number of hydrogen-bond acceptors (Lipinski definition) is 5. The van der Waals surface area contributed by atoms with Crippen LogP contribution >= 0.6 is 11.8 Å². The summed E-state index contributed by atoms with van der Waals surface area (Å²) in [5.74, 6) is 0.344. The predicted molar refractivity (Wildman–Crippen MR) is 121 cm³/mol. The van der Waals surface area contributed by atoms with Crippen LogP contribution in [0.4, 0.5) is 5.69 Å². The first-order chi connectivity index (χ1) is 14.4. The SMILES string of the molecule is CCS(=O)(=O)N1CCc2cc(C(=O)CSc3ncc(-c4ccccc4)n3C)ccc21. The number of carbonyl (C=O) groups excluding carboxylic acids is 1. The van der Waals surface area contributed by atoms with Crippen molar-refractivity contribution in [1.29, 1.82) is 0 Å². The van der Waals surface area contributed by atoms with E-state index in [4.69, 9.17) is 0 Å². The molecule has 2 aromatic carbocycles. The molecular formula is C22H23N3O3S2. The lowest BCUT2D eigenvalue weighted by atomic mass is 10.1. The number of nitrogens with zero attached hydrogens (tertiary/aromatic N) is 3. The Balaban J connectivity index is 1.47. The van der Waals surface area contributed by atoms with Gasteiger partial charge in [-0.1, -0.05) is 42.1 Å². The Labute approximate surface area is 181 Å². The number of benzene rings is 2. The lowest BCUT2D eigenvalue weighted by molar-refractivity contribution is 0.102. The second-order valence-corrected chi connectivity index (χ2v) is 10.3. The zero-order chi connectivity index (χ0) is 21.3. The molecular weight excluding hydrogens is 418 g/mol. The summed E-state index contributed by atoms with van der Waals surface area (Å²) in [6, 6.07) is 15.3. The quantitative estimate of drug-likeness (QED) is 0.412. The second kappa shape index (κ2) is 8.28. The fourth-order valence-electron chi connectivity index (χ4n) is 3.61. The van der Waals surface area contributed by atoms with Crippen LogP contribution in [0.2, 0.25) is 0 Å². The number of carbonyl (C=O) groups is 1. The van der Waals surface area contributed by atoms with Crippen molar-refractivity contribution in [2.24, 2.45) is 7.05 Å².